The molecule has 1 heterocycles. The molecule has 5 nitrogen and oxygen atoms in total. The van der Waals surface area contributed by atoms with Crippen molar-refractivity contribution in [3.8, 4) is 28.3 Å². The molecule has 0 fully saturated rings. The van der Waals surface area contributed by atoms with Gasteiger partial charge in [0.25, 0.3) is 0 Å². The molecule has 0 aliphatic carbocycles. The Bertz CT molecular complexity index is 1790. The predicted octanol–water partition coefficient (Wildman–Crippen LogP) is 8.53. The number of hydrogen-bond donors (Lipinski definition) is 0. The first-order valence-electron chi connectivity index (χ1n) is 12.1. The van der Waals surface area contributed by atoms with Crippen molar-refractivity contribution in [2.24, 2.45) is 0 Å². The molecular formula is C32H23ClFNO4. The number of nitrogens with zero attached hydrogens (tertiary/aromatic N) is 1. The summed E-state index contributed by atoms with van der Waals surface area (Å²) >= 11 is 6.31. The first-order chi connectivity index (χ1) is 18.8. The minimum absolute atomic E-state index is 0.312. The molecule has 0 aliphatic rings. The van der Waals surface area contributed by atoms with E-state index >= 15 is 4.39 Å². The van der Waals surface area contributed by atoms with Gasteiger partial charge in [-0.1, -0.05) is 48.0 Å². The van der Waals surface area contributed by atoms with Gasteiger partial charge in [-0.2, -0.15) is 0 Å². The molecule has 0 N–H and O–H groups in total. The van der Waals surface area contributed by atoms with E-state index < -0.39 is 5.83 Å². The van der Waals surface area contributed by atoms with Crippen molar-refractivity contribution < 1.29 is 23.1 Å². The normalized spacial score (nSPS) is 11.6. The average molecular weight is 540 g/mol. The third-order valence-corrected chi connectivity index (χ3v) is 7.03. The van der Waals surface area contributed by atoms with E-state index in [1.165, 1.54) is 25.3 Å². The molecule has 5 aromatic rings. The number of oxazole rings is 1. The number of rotatable bonds is 7. The van der Waals surface area contributed by atoms with Crippen LogP contribution in [0.5, 0.6) is 5.75 Å². The lowest BCUT2D eigenvalue weighted by molar-refractivity contribution is 0.111. The van der Waals surface area contributed by atoms with Gasteiger partial charge in [0.1, 0.15) is 23.4 Å². The number of aldehydes is 2. The standard InChI is InChI=1S/C32H23ClFNO4/c1-18-21(14-28(34)22-10-11-23(17-37)30(15-22)38-3)6-4-7-24(18)25-8-5-9-26(19(25)2)32-35-29-13-20(16-36)12-27(33)31(29)39-32/h4-17H,1-3H3. The summed E-state index contributed by atoms with van der Waals surface area (Å²) in [4.78, 5) is 27.0. The molecule has 0 amide bonds. The van der Waals surface area contributed by atoms with Crippen LogP contribution in [0, 0.1) is 13.8 Å². The van der Waals surface area contributed by atoms with Gasteiger partial charge in [0.2, 0.25) is 5.89 Å². The summed E-state index contributed by atoms with van der Waals surface area (Å²) in [5, 5.41) is 0.318. The summed E-state index contributed by atoms with van der Waals surface area (Å²) in [6.45, 7) is 3.91. The van der Waals surface area contributed by atoms with Crippen LogP contribution in [0.3, 0.4) is 0 Å². The number of ether oxygens (including phenoxy) is 1. The molecular weight excluding hydrogens is 517 g/mol. The Morgan fingerprint density at radius 3 is 2.33 bits per heavy atom. The zero-order valence-corrected chi connectivity index (χ0v) is 22.2. The van der Waals surface area contributed by atoms with Crippen molar-refractivity contribution in [2.45, 2.75) is 13.8 Å². The lowest BCUT2D eigenvalue weighted by Crippen LogP contribution is -1.93. The van der Waals surface area contributed by atoms with Crippen LogP contribution >= 0.6 is 11.6 Å². The van der Waals surface area contributed by atoms with Gasteiger partial charge in [-0.15, -0.1) is 0 Å². The predicted molar refractivity (Wildman–Crippen MR) is 152 cm³/mol. The van der Waals surface area contributed by atoms with Gasteiger partial charge in [-0.05, 0) is 78.1 Å². The summed E-state index contributed by atoms with van der Waals surface area (Å²) < 4.78 is 26.5. The van der Waals surface area contributed by atoms with Crippen LogP contribution in [-0.4, -0.2) is 24.7 Å². The highest BCUT2D eigenvalue weighted by atomic mass is 35.5. The number of hydrogen-bond acceptors (Lipinski definition) is 5. The number of halogens is 2. The molecule has 0 atom stereocenters. The monoisotopic (exact) mass is 539 g/mol. The minimum Gasteiger partial charge on any atom is -0.496 e. The Kier molecular flexibility index (Phi) is 7.13. The lowest BCUT2D eigenvalue weighted by atomic mass is 9.91. The molecule has 0 saturated heterocycles. The molecule has 0 radical (unpaired) electrons. The fraction of sp³-hybridized carbons (Fsp3) is 0.0938. The van der Waals surface area contributed by atoms with Crippen LogP contribution in [0.4, 0.5) is 4.39 Å². The highest BCUT2D eigenvalue weighted by molar-refractivity contribution is 6.35. The first kappa shape index (κ1) is 26.1. The largest absolute Gasteiger partial charge is 0.496 e. The van der Waals surface area contributed by atoms with Crippen molar-refractivity contribution in [3.05, 3.63) is 105 Å². The Hall–Kier alpha value is -4.55. The van der Waals surface area contributed by atoms with Crippen LogP contribution in [0.1, 0.15) is 43.0 Å². The van der Waals surface area contributed by atoms with Gasteiger partial charge in [0.05, 0.1) is 17.7 Å². The number of benzene rings is 4. The van der Waals surface area contributed by atoms with Gasteiger partial charge in [-0.25, -0.2) is 9.37 Å². The quantitative estimate of drug-likeness (QED) is 0.153. The van der Waals surface area contributed by atoms with Gasteiger partial charge in [0.15, 0.2) is 11.9 Å². The Labute approximate surface area is 229 Å². The van der Waals surface area contributed by atoms with Crippen LogP contribution in [0.15, 0.2) is 71.1 Å². The Morgan fingerprint density at radius 1 is 0.897 bits per heavy atom. The second-order valence-electron chi connectivity index (χ2n) is 9.05. The average Bonchev–Trinajstić information content (AvgIpc) is 3.38. The summed E-state index contributed by atoms with van der Waals surface area (Å²) in [5.74, 6) is 0.253. The van der Waals surface area contributed by atoms with Crippen LogP contribution in [-0.2, 0) is 0 Å². The molecule has 4 aromatic carbocycles. The first-order valence-corrected chi connectivity index (χ1v) is 12.5. The molecule has 0 unspecified atom stereocenters. The topological polar surface area (TPSA) is 69.4 Å². The van der Waals surface area contributed by atoms with Crippen LogP contribution in [0.25, 0.3) is 45.6 Å². The summed E-state index contributed by atoms with van der Waals surface area (Å²) in [6.07, 6.45) is 2.86. The molecule has 5 rings (SSSR count). The van der Waals surface area contributed by atoms with Crippen LogP contribution in [0.2, 0.25) is 5.02 Å². The molecule has 0 bridgehead atoms. The zero-order chi connectivity index (χ0) is 27.7. The molecule has 1 aromatic heterocycles. The van der Waals surface area contributed by atoms with E-state index in [9.17, 15) is 9.59 Å². The fourth-order valence-electron chi connectivity index (χ4n) is 4.63. The van der Waals surface area contributed by atoms with E-state index in [0.29, 0.717) is 56.3 Å². The zero-order valence-electron chi connectivity index (χ0n) is 21.4. The van der Waals surface area contributed by atoms with E-state index in [0.717, 1.165) is 34.1 Å². The number of fused-ring (bicyclic) bond motifs is 1. The fourth-order valence-corrected chi connectivity index (χ4v) is 4.89. The number of aromatic nitrogens is 1. The minimum atomic E-state index is -0.450. The van der Waals surface area contributed by atoms with E-state index in [1.807, 2.05) is 50.2 Å². The van der Waals surface area contributed by atoms with Crippen molar-refractivity contribution in [1.29, 1.82) is 0 Å². The molecule has 0 saturated carbocycles. The second-order valence-corrected chi connectivity index (χ2v) is 9.46. The highest BCUT2D eigenvalue weighted by Gasteiger charge is 2.17. The van der Waals surface area contributed by atoms with Crippen LogP contribution < -0.4 is 4.74 Å². The molecule has 194 valence electrons. The maximum absolute atomic E-state index is 15.3. The lowest BCUT2D eigenvalue weighted by Gasteiger charge is -2.14. The smallest absolute Gasteiger partial charge is 0.227 e. The number of carbonyl (C=O) groups excluding carboxylic acids is 2. The molecule has 39 heavy (non-hydrogen) atoms. The van der Waals surface area contributed by atoms with E-state index in [2.05, 4.69) is 4.98 Å². The summed E-state index contributed by atoms with van der Waals surface area (Å²) in [7, 11) is 1.44. The van der Waals surface area contributed by atoms with Crippen molar-refractivity contribution in [3.63, 3.8) is 0 Å². The van der Waals surface area contributed by atoms with Gasteiger partial charge >= 0.3 is 0 Å². The second kappa shape index (κ2) is 10.7. The summed E-state index contributed by atoms with van der Waals surface area (Å²) in [5.41, 5.74) is 7.19. The molecule has 7 heteroatoms. The van der Waals surface area contributed by atoms with Gasteiger partial charge in [-0.3, -0.25) is 9.59 Å². The summed E-state index contributed by atoms with van der Waals surface area (Å²) in [6, 6.07) is 19.3. The SMILES string of the molecule is COc1cc(C(F)=Cc2cccc(-c3cccc(-c4nc5cc(C=O)cc(Cl)c5o4)c3C)c2C)ccc1C=O. The molecule has 0 spiro atoms. The maximum Gasteiger partial charge on any atom is 0.227 e. The highest BCUT2D eigenvalue weighted by Crippen LogP contribution is 2.37. The number of methoxy groups -OCH3 is 1. The third-order valence-electron chi connectivity index (χ3n) is 6.75. The van der Waals surface area contributed by atoms with Gasteiger partial charge < -0.3 is 9.15 Å². The third kappa shape index (κ3) is 4.87. The Balaban J connectivity index is 1.56. The van der Waals surface area contributed by atoms with E-state index in [4.69, 9.17) is 20.8 Å². The Morgan fingerprint density at radius 2 is 1.62 bits per heavy atom. The van der Waals surface area contributed by atoms with E-state index in [-0.39, 0.29) is 0 Å². The van der Waals surface area contributed by atoms with Crippen molar-refractivity contribution >= 4 is 47.2 Å². The van der Waals surface area contributed by atoms with Crippen molar-refractivity contribution in [1.82, 2.24) is 4.98 Å². The van der Waals surface area contributed by atoms with Crippen molar-refractivity contribution in [2.75, 3.05) is 7.11 Å². The molecule has 0 aliphatic heterocycles. The van der Waals surface area contributed by atoms with Gasteiger partial charge in [0, 0.05) is 16.7 Å². The number of carbonyl (C=O) groups is 2. The van der Waals surface area contributed by atoms with E-state index in [1.54, 1.807) is 18.2 Å². The maximum atomic E-state index is 15.3.